The van der Waals surface area contributed by atoms with Gasteiger partial charge in [0.25, 0.3) is 0 Å². The van der Waals surface area contributed by atoms with Crippen LogP contribution in [0.5, 0.6) is 0 Å². The summed E-state index contributed by atoms with van der Waals surface area (Å²) < 4.78 is 0. The van der Waals surface area contributed by atoms with E-state index in [2.05, 4.69) is 46.1 Å². The molecule has 1 atom stereocenters. The second-order valence-electron chi connectivity index (χ2n) is 7.83. The summed E-state index contributed by atoms with van der Waals surface area (Å²) in [5.74, 6) is 0.497. The molecule has 0 bridgehead atoms. The number of aryl methyl sites for hydroxylation is 1. The second-order valence-corrected chi connectivity index (χ2v) is 9.42. The molecule has 0 aromatic carbocycles. The molecule has 0 aliphatic heterocycles. The number of fused-ring (bicyclic) bond motifs is 1. The van der Waals surface area contributed by atoms with Crippen molar-refractivity contribution in [1.29, 1.82) is 0 Å². The highest BCUT2D eigenvalue weighted by Gasteiger charge is 2.23. The van der Waals surface area contributed by atoms with E-state index >= 15 is 0 Å². The quantitative estimate of drug-likeness (QED) is 0.385. The Morgan fingerprint density at radius 2 is 1.94 bits per heavy atom. The lowest BCUT2D eigenvalue weighted by molar-refractivity contribution is -0.117. The van der Waals surface area contributed by atoms with Crippen molar-refractivity contribution in [1.82, 2.24) is 34.8 Å². The fourth-order valence-corrected chi connectivity index (χ4v) is 4.96. The molecule has 4 aromatic heterocycles. The molecule has 10 heteroatoms. The summed E-state index contributed by atoms with van der Waals surface area (Å²) in [7, 11) is 4.10. The normalized spacial score (nSPS) is 12.6. The van der Waals surface area contributed by atoms with Gasteiger partial charge in [0.2, 0.25) is 0 Å². The number of thiazole rings is 1. The zero-order valence-corrected chi connectivity index (χ0v) is 20.0. The van der Waals surface area contributed by atoms with Gasteiger partial charge in [0.15, 0.2) is 5.82 Å². The van der Waals surface area contributed by atoms with Crippen LogP contribution in [0.15, 0.2) is 30.9 Å². The van der Waals surface area contributed by atoms with Crippen LogP contribution in [0.3, 0.4) is 0 Å². The van der Waals surface area contributed by atoms with Crippen LogP contribution in [0.2, 0.25) is 5.02 Å². The minimum atomic E-state index is 0.0655. The first-order valence-electron chi connectivity index (χ1n) is 10.3. The summed E-state index contributed by atoms with van der Waals surface area (Å²) in [6.45, 7) is 4.13. The molecule has 4 rings (SSSR count). The summed E-state index contributed by atoms with van der Waals surface area (Å²) in [5.41, 5.74) is 3.66. The van der Waals surface area contributed by atoms with Crippen LogP contribution < -0.4 is 0 Å². The number of aromatic nitrogens is 6. The fraction of sp³-hybridized carbons (Fsp3) is 0.364. The van der Waals surface area contributed by atoms with Gasteiger partial charge in [-0.15, -0.1) is 4.80 Å². The van der Waals surface area contributed by atoms with E-state index in [9.17, 15) is 4.79 Å². The van der Waals surface area contributed by atoms with Crippen molar-refractivity contribution in [2.45, 2.75) is 39.2 Å². The topological polar surface area (TPSA) is 89.7 Å². The first-order valence-corrected chi connectivity index (χ1v) is 11.5. The zero-order chi connectivity index (χ0) is 22.8. The maximum Gasteiger partial charge on any atom is 0.193 e. The van der Waals surface area contributed by atoms with Crippen molar-refractivity contribution in [2.75, 3.05) is 14.1 Å². The van der Waals surface area contributed by atoms with Gasteiger partial charge in [0.1, 0.15) is 16.1 Å². The van der Waals surface area contributed by atoms with Gasteiger partial charge in [-0.1, -0.05) is 29.9 Å². The maximum atomic E-state index is 13.0. The predicted octanol–water partition coefficient (Wildman–Crippen LogP) is 4.00. The molecule has 4 aromatic rings. The lowest BCUT2D eigenvalue weighted by Gasteiger charge is -2.25. The van der Waals surface area contributed by atoms with Crippen LogP contribution in [0, 0.1) is 6.92 Å². The van der Waals surface area contributed by atoms with Gasteiger partial charge < -0.3 is 4.90 Å². The molecule has 0 spiro atoms. The molecule has 0 amide bonds. The van der Waals surface area contributed by atoms with Crippen molar-refractivity contribution in [3.8, 4) is 5.82 Å². The van der Waals surface area contributed by atoms with E-state index in [4.69, 9.17) is 16.6 Å². The van der Waals surface area contributed by atoms with Crippen molar-refractivity contribution in [2.24, 2.45) is 0 Å². The number of pyridine rings is 2. The van der Waals surface area contributed by atoms with E-state index < -0.39 is 0 Å². The Kier molecular flexibility index (Phi) is 6.59. The number of carbonyl (C=O) groups is 1. The molecule has 32 heavy (non-hydrogen) atoms. The monoisotopic (exact) mass is 469 g/mol. The molecule has 0 saturated heterocycles. The summed E-state index contributed by atoms with van der Waals surface area (Å²) in [6.07, 6.45) is 8.00. The minimum absolute atomic E-state index is 0.0655. The first-order chi connectivity index (χ1) is 15.4. The highest BCUT2D eigenvalue weighted by Crippen LogP contribution is 2.33. The molecule has 0 fully saturated rings. The maximum absolute atomic E-state index is 13.0. The largest absolute Gasteiger partial charge is 0.302 e. The van der Waals surface area contributed by atoms with E-state index in [0.717, 1.165) is 38.5 Å². The van der Waals surface area contributed by atoms with Crippen LogP contribution >= 0.6 is 22.9 Å². The van der Waals surface area contributed by atoms with E-state index in [1.54, 1.807) is 36.0 Å². The molecule has 0 aliphatic rings. The van der Waals surface area contributed by atoms with E-state index in [1.807, 2.05) is 13.1 Å². The van der Waals surface area contributed by atoms with Crippen LogP contribution in [0.1, 0.15) is 41.1 Å². The Morgan fingerprint density at radius 3 is 2.59 bits per heavy atom. The van der Waals surface area contributed by atoms with Crippen LogP contribution in [0.4, 0.5) is 0 Å². The smallest absolute Gasteiger partial charge is 0.193 e. The Morgan fingerprint density at radius 1 is 1.19 bits per heavy atom. The highest BCUT2D eigenvalue weighted by molar-refractivity contribution is 7.18. The fourth-order valence-electron chi connectivity index (χ4n) is 3.92. The third-order valence-corrected chi connectivity index (χ3v) is 6.43. The molecule has 166 valence electrons. The van der Waals surface area contributed by atoms with Crippen molar-refractivity contribution < 1.29 is 4.79 Å². The van der Waals surface area contributed by atoms with Gasteiger partial charge in [-0.3, -0.25) is 4.79 Å². The first kappa shape index (κ1) is 22.4. The minimum Gasteiger partial charge on any atom is -0.302 e. The van der Waals surface area contributed by atoms with Crippen molar-refractivity contribution in [3.05, 3.63) is 57.6 Å². The van der Waals surface area contributed by atoms with E-state index in [0.29, 0.717) is 10.8 Å². The molecular formula is C22H24ClN7OS. The van der Waals surface area contributed by atoms with Gasteiger partial charge in [0, 0.05) is 36.8 Å². The van der Waals surface area contributed by atoms with Crippen molar-refractivity contribution in [3.63, 3.8) is 0 Å². The van der Waals surface area contributed by atoms with E-state index in [1.165, 1.54) is 4.80 Å². The molecule has 0 saturated carbocycles. The number of nitrogens with zero attached hydrogens (tertiary/aromatic N) is 7. The van der Waals surface area contributed by atoms with Gasteiger partial charge in [-0.2, -0.15) is 10.2 Å². The Hall–Kier alpha value is -2.75. The van der Waals surface area contributed by atoms with E-state index in [-0.39, 0.29) is 24.7 Å². The Balaban J connectivity index is 1.60. The molecule has 0 N–H and O–H groups in total. The molecule has 8 nitrogen and oxygen atoms in total. The highest BCUT2D eigenvalue weighted by atomic mass is 35.5. The molecule has 4 heterocycles. The zero-order valence-electron chi connectivity index (χ0n) is 18.4. The molecule has 1 unspecified atom stereocenters. The summed E-state index contributed by atoms with van der Waals surface area (Å²) >= 11 is 7.93. The lowest BCUT2D eigenvalue weighted by Crippen LogP contribution is -2.22. The third-order valence-electron chi connectivity index (χ3n) is 5.27. The van der Waals surface area contributed by atoms with Gasteiger partial charge in [0.05, 0.1) is 22.4 Å². The molecule has 0 radical (unpaired) electrons. The Bertz CT molecular complexity index is 1250. The second kappa shape index (κ2) is 9.40. The van der Waals surface area contributed by atoms with Gasteiger partial charge >= 0.3 is 0 Å². The SMILES string of the molecule is CCC(c1c(CC(=O)Cc2cnc(-n3nccn3)c(Cl)c2)cnc2sc(C)nc12)N(C)C. The summed E-state index contributed by atoms with van der Waals surface area (Å²) in [6, 6.07) is 1.90. The molecule has 0 aliphatic carbocycles. The summed E-state index contributed by atoms with van der Waals surface area (Å²) in [5, 5.41) is 9.45. The van der Waals surface area contributed by atoms with Crippen LogP contribution in [-0.2, 0) is 17.6 Å². The number of halogens is 1. The summed E-state index contributed by atoms with van der Waals surface area (Å²) in [4.78, 5) is 31.1. The number of hydrogen-bond donors (Lipinski definition) is 0. The van der Waals surface area contributed by atoms with Crippen LogP contribution in [-0.4, -0.2) is 54.7 Å². The molecular weight excluding hydrogens is 446 g/mol. The predicted molar refractivity (Wildman–Crippen MR) is 125 cm³/mol. The number of rotatable bonds is 8. The van der Waals surface area contributed by atoms with Crippen LogP contribution in [0.25, 0.3) is 16.2 Å². The Labute approximate surface area is 195 Å². The standard InChI is InChI=1S/C22H24ClN7OS/c1-5-18(29(3)4)19-15(12-25-22-20(19)28-13(2)32-22)10-16(31)8-14-9-17(23)21(24-11-14)30-26-6-7-27-30/h6-7,9,11-12,18H,5,8,10H2,1-4H3. The number of carbonyl (C=O) groups excluding carboxylic acids is 1. The number of ketones is 1. The average Bonchev–Trinajstić information content (AvgIpc) is 3.39. The van der Waals surface area contributed by atoms with Gasteiger partial charge in [-0.05, 0) is 44.6 Å². The third kappa shape index (κ3) is 4.55. The lowest BCUT2D eigenvalue weighted by atomic mass is 9.94. The van der Waals surface area contributed by atoms with Crippen molar-refractivity contribution >= 4 is 39.1 Å². The number of hydrogen-bond acceptors (Lipinski definition) is 8. The average molecular weight is 470 g/mol. The van der Waals surface area contributed by atoms with Gasteiger partial charge in [-0.25, -0.2) is 15.0 Å². The number of Topliss-reactive ketones (excluding diaryl/α,β-unsaturated/α-hetero) is 1.